The van der Waals surface area contributed by atoms with Crippen molar-refractivity contribution >= 4 is 39.1 Å². The lowest BCUT2D eigenvalue weighted by molar-refractivity contribution is 0.0533. The lowest BCUT2D eigenvalue weighted by Gasteiger charge is -2.22. The molecule has 1 aromatic heterocycles. The first kappa shape index (κ1) is 17.7. The van der Waals surface area contributed by atoms with E-state index in [9.17, 15) is 14.7 Å². The highest BCUT2D eigenvalue weighted by Gasteiger charge is 2.25. The van der Waals surface area contributed by atoms with Gasteiger partial charge in [-0.25, -0.2) is 9.59 Å². The first-order valence-corrected chi connectivity index (χ1v) is 8.92. The van der Waals surface area contributed by atoms with E-state index in [0.717, 1.165) is 10.1 Å². The zero-order valence-corrected chi connectivity index (χ0v) is 14.7. The SMILES string of the molecule is CCOC(=O)c1sc2ccccc2c1NC(=O)N1CCOC[C@@H](O)C1. The van der Waals surface area contributed by atoms with Gasteiger partial charge in [0.2, 0.25) is 0 Å². The number of β-amino-alcohol motifs (C(OH)–C–C–N with tert-alkyl or cyclic N) is 1. The third-order valence-electron chi connectivity index (χ3n) is 3.82. The maximum atomic E-state index is 12.6. The third kappa shape index (κ3) is 3.92. The maximum Gasteiger partial charge on any atom is 0.350 e. The van der Waals surface area contributed by atoms with Crippen LogP contribution < -0.4 is 5.32 Å². The molecule has 134 valence electrons. The monoisotopic (exact) mass is 364 g/mol. The van der Waals surface area contributed by atoms with E-state index < -0.39 is 12.1 Å². The summed E-state index contributed by atoms with van der Waals surface area (Å²) in [4.78, 5) is 26.8. The molecular formula is C17H20N2O5S. The van der Waals surface area contributed by atoms with Gasteiger partial charge >= 0.3 is 12.0 Å². The number of fused-ring (bicyclic) bond motifs is 1. The number of ether oxygens (including phenoxy) is 2. The van der Waals surface area contributed by atoms with Crippen molar-refractivity contribution in [3.05, 3.63) is 29.1 Å². The van der Waals surface area contributed by atoms with Crippen LogP contribution in [-0.4, -0.2) is 61.0 Å². The average molecular weight is 364 g/mol. The number of anilines is 1. The summed E-state index contributed by atoms with van der Waals surface area (Å²) in [6.07, 6.45) is -0.725. The summed E-state index contributed by atoms with van der Waals surface area (Å²) in [5, 5.41) is 13.4. The Kier molecular flexibility index (Phi) is 5.52. The minimum Gasteiger partial charge on any atom is -0.462 e. The molecule has 25 heavy (non-hydrogen) atoms. The molecule has 2 amide bonds. The Hall–Kier alpha value is -2.16. The summed E-state index contributed by atoms with van der Waals surface area (Å²) in [6.45, 7) is 3.12. The molecule has 2 aromatic rings. The number of thiophene rings is 1. The normalized spacial score (nSPS) is 18.0. The van der Waals surface area contributed by atoms with Crippen LogP contribution in [0.25, 0.3) is 10.1 Å². The zero-order chi connectivity index (χ0) is 17.8. The van der Waals surface area contributed by atoms with Gasteiger partial charge in [-0.1, -0.05) is 18.2 Å². The summed E-state index contributed by atoms with van der Waals surface area (Å²) in [6, 6.07) is 7.09. The van der Waals surface area contributed by atoms with Gasteiger partial charge in [-0.05, 0) is 13.0 Å². The fraction of sp³-hybridized carbons (Fsp3) is 0.412. The molecule has 2 heterocycles. The largest absolute Gasteiger partial charge is 0.462 e. The molecule has 2 N–H and O–H groups in total. The van der Waals surface area contributed by atoms with Gasteiger partial charge in [0.15, 0.2) is 0 Å². The predicted octanol–water partition coefficient (Wildman–Crippen LogP) is 2.30. The van der Waals surface area contributed by atoms with E-state index in [1.165, 1.54) is 16.2 Å². The number of aliphatic hydroxyl groups is 1. The first-order valence-electron chi connectivity index (χ1n) is 8.10. The van der Waals surface area contributed by atoms with Gasteiger partial charge in [0, 0.05) is 16.6 Å². The van der Waals surface area contributed by atoms with Crippen molar-refractivity contribution in [3.8, 4) is 0 Å². The number of rotatable bonds is 3. The van der Waals surface area contributed by atoms with E-state index in [1.54, 1.807) is 6.92 Å². The van der Waals surface area contributed by atoms with Crippen LogP contribution in [0, 0.1) is 0 Å². The number of nitrogens with one attached hydrogen (secondary N) is 1. The molecule has 0 unspecified atom stereocenters. The summed E-state index contributed by atoms with van der Waals surface area (Å²) in [5.41, 5.74) is 0.448. The molecule has 1 aliphatic heterocycles. The van der Waals surface area contributed by atoms with Gasteiger partial charge in [0.1, 0.15) is 4.88 Å². The Morgan fingerprint density at radius 3 is 3.04 bits per heavy atom. The minimum absolute atomic E-state index is 0.183. The molecule has 1 fully saturated rings. The fourth-order valence-corrected chi connectivity index (χ4v) is 3.72. The van der Waals surface area contributed by atoms with Crippen molar-refractivity contribution in [3.63, 3.8) is 0 Å². The number of esters is 1. The van der Waals surface area contributed by atoms with Crippen molar-refractivity contribution in [2.75, 3.05) is 38.2 Å². The van der Waals surface area contributed by atoms with Gasteiger partial charge in [0.05, 0.1) is 38.2 Å². The van der Waals surface area contributed by atoms with Crippen molar-refractivity contribution in [2.45, 2.75) is 13.0 Å². The van der Waals surface area contributed by atoms with Crippen LogP contribution >= 0.6 is 11.3 Å². The molecule has 1 saturated heterocycles. The summed E-state index contributed by atoms with van der Waals surface area (Å²) in [5.74, 6) is -0.460. The second-order valence-corrected chi connectivity index (χ2v) is 6.68. The Bertz CT molecular complexity index is 775. The van der Waals surface area contributed by atoms with Gasteiger partial charge in [-0.3, -0.25) is 0 Å². The highest BCUT2D eigenvalue weighted by molar-refractivity contribution is 7.21. The minimum atomic E-state index is -0.725. The number of benzene rings is 1. The third-order valence-corrected chi connectivity index (χ3v) is 4.97. The predicted molar refractivity (Wildman–Crippen MR) is 95.2 cm³/mol. The van der Waals surface area contributed by atoms with Crippen LogP contribution in [0.1, 0.15) is 16.6 Å². The molecule has 1 aromatic carbocycles. The number of hydrogen-bond acceptors (Lipinski definition) is 6. The molecule has 0 aliphatic carbocycles. The fourth-order valence-electron chi connectivity index (χ4n) is 2.67. The van der Waals surface area contributed by atoms with Gasteiger partial charge in [-0.15, -0.1) is 11.3 Å². The van der Waals surface area contributed by atoms with Crippen LogP contribution in [0.2, 0.25) is 0 Å². The second kappa shape index (κ2) is 7.81. The lowest BCUT2D eigenvalue weighted by Crippen LogP contribution is -2.40. The molecule has 0 spiro atoms. The van der Waals surface area contributed by atoms with Crippen molar-refractivity contribution < 1.29 is 24.2 Å². The topological polar surface area (TPSA) is 88.1 Å². The van der Waals surface area contributed by atoms with Crippen LogP contribution in [0.4, 0.5) is 10.5 Å². The van der Waals surface area contributed by atoms with Crippen LogP contribution in [0.5, 0.6) is 0 Å². The molecule has 8 heteroatoms. The number of urea groups is 1. The Labute approximate surface area is 149 Å². The first-order chi connectivity index (χ1) is 12.1. The molecule has 0 bridgehead atoms. The number of nitrogens with zero attached hydrogens (tertiary/aromatic N) is 1. The lowest BCUT2D eigenvalue weighted by atomic mass is 10.2. The molecule has 1 atom stereocenters. The molecule has 1 aliphatic rings. The summed E-state index contributed by atoms with van der Waals surface area (Å²) >= 11 is 1.28. The molecule has 0 saturated carbocycles. The van der Waals surface area contributed by atoms with E-state index in [-0.39, 0.29) is 25.8 Å². The quantitative estimate of drug-likeness (QED) is 0.816. The van der Waals surface area contributed by atoms with Crippen molar-refractivity contribution in [1.82, 2.24) is 4.90 Å². The number of hydrogen-bond donors (Lipinski definition) is 2. The molecule has 0 radical (unpaired) electrons. The Morgan fingerprint density at radius 1 is 1.44 bits per heavy atom. The van der Waals surface area contributed by atoms with Crippen LogP contribution in [-0.2, 0) is 9.47 Å². The van der Waals surface area contributed by atoms with E-state index in [0.29, 0.717) is 23.7 Å². The molecular weight excluding hydrogens is 344 g/mol. The smallest absolute Gasteiger partial charge is 0.350 e. The summed E-state index contributed by atoms with van der Waals surface area (Å²) in [7, 11) is 0. The summed E-state index contributed by atoms with van der Waals surface area (Å²) < 4.78 is 11.2. The van der Waals surface area contributed by atoms with Crippen LogP contribution in [0.15, 0.2) is 24.3 Å². The number of carbonyl (C=O) groups is 2. The number of amides is 2. The molecule has 7 nitrogen and oxygen atoms in total. The van der Waals surface area contributed by atoms with Crippen molar-refractivity contribution in [1.29, 1.82) is 0 Å². The molecule has 3 rings (SSSR count). The Balaban J connectivity index is 1.89. The van der Waals surface area contributed by atoms with E-state index in [4.69, 9.17) is 9.47 Å². The van der Waals surface area contributed by atoms with Gasteiger partial charge in [-0.2, -0.15) is 0 Å². The highest BCUT2D eigenvalue weighted by atomic mass is 32.1. The van der Waals surface area contributed by atoms with Crippen LogP contribution in [0.3, 0.4) is 0 Å². The standard InChI is InChI=1S/C17H20N2O5S/c1-2-24-16(21)15-14(12-5-3-4-6-13(12)25-15)18-17(22)19-7-8-23-10-11(20)9-19/h3-6,11,20H,2,7-10H2,1H3,(H,18,22)/t11-/m0/s1. The van der Waals surface area contributed by atoms with Gasteiger partial charge in [0.25, 0.3) is 0 Å². The van der Waals surface area contributed by atoms with Gasteiger partial charge < -0.3 is 24.8 Å². The number of aliphatic hydroxyl groups excluding tert-OH is 1. The Morgan fingerprint density at radius 2 is 2.24 bits per heavy atom. The zero-order valence-electron chi connectivity index (χ0n) is 13.9. The number of carbonyl (C=O) groups excluding carboxylic acids is 2. The second-order valence-electron chi connectivity index (χ2n) is 5.63. The van der Waals surface area contributed by atoms with E-state index >= 15 is 0 Å². The van der Waals surface area contributed by atoms with E-state index in [1.807, 2.05) is 24.3 Å². The highest BCUT2D eigenvalue weighted by Crippen LogP contribution is 2.36. The maximum absolute atomic E-state index is 12.6. The van der Waals surface area contributed by atoms with Crippen molar-refractivity contribution in [2.24, 2.45) is 0 Å². The van der Waals surface area contributed by atoms with E-state index in [2.05, 4.69) is 5.32 Å². The average Bonchev–Trinajstić information content (AvgIpc) is 2.81.